The maximum atomic E-state index is 12.5. The van der Waals surface area contributed by atoms with Crippen LogP contribution in [0.5, 0.6) is 0 Å². The lowest BCUT2D eigenvalue weighted by molar-refractivity contribution is -0.132. The van der Waals surface area contributed by atoms with Crippen molar-refractivity contribution in [2.24, 2.45) is 28.6 Å². The van der Waals surface area contributed by atoms with Gasteiger partial charge >= 0.3 is 0 Å². The van der Waals surface area contributed by atoms with Gasteiger partial charge in [-0.05, 0) is 75.0 Å². The summed E-state index contributed by atoms with van der Waals surface area (Å²) in [5, 5.41) is 0. The average molecular weight is 361 g/mol. The molecule has 3 saturated carbocycles. The Morgan fingerprint density at radius 2 is 1.85 bits per heavy atom. The van der Waals surface area contributed by atoms with Crippen LogP contribution < -0.4 is 0 Å². The second-order valence-electron chi connectivity index (χ2n) is 9.61. The monoisotopic (exact) mass is 360 g/mol. The van der Waals surface area contributed by atoms with Gasteiger partial charge < -0.3 is 9.47 Å². The van der Waals surface area contributed by atoms with Crippen molar-refractivity contribution in [3.63, 3.8) is 0 Å². The summed E-state index contributed by atoms with van der Waals surface area (Å²) < 4.78 is 11.5. The molecule has 0 N–H and O–H groups in total. The molecule has 6 atom stereocenters. The maximum absolute atomic E-state index is 12.5. The van der Waals surface area contributed by atoms with Crippen molar-refractivity contribution >= 4 is 5.78 Å². The Kier molecular flexibility index (Phi) is 5.07. The van der Waals surface area contributed by atoms with Crippen molar-refractivity contribution < 1.29 is 14.3 Å². The minimum absolute atomic E-state index is 0.0114. The molecule has 3 fully saturated rings. The van der Waals surface area contributed by atoms with E-state index in [9.17, 15) is 4.79 Å². The molecule has 0 aromatic heterocycles. The second-order valence-corrected chi connectivity index (χ2v) is 9.61. The molecule has 4 rings (SSSR count). The lowest BCUT2D eigenvalue weighted by Crippen LogP contribution is -2.50. The normalized spacial score (nSPS) is 44.9. The van der Waals surface area contributed by atoms with Crippen molar-refractivity contribution in [2.45, 2.75) is 78.2 Å². The molecule has 3 nitrogen and oxygen atoms in total. The number of ketones is 1. The Hall–Kier alpha value is -0.670. The van der Waals surface area contributed by atoms with Gasteiger partial charge in [-0.3, -0.25) is 4.79 Å². The zero-order valence-electron chi connectivity index (χ0n) is 16.9. The molecular weight excluding hydrogens is 324 g/mol. The van der Waals surface area contributed by atoms with Crippen LogP contribution in [-0.2, 0) is 14.3 Å². The van der Waals surface area contributed by atoms with Crippen molar-refractivity contribution in [3.8, 4) is 0 Å². The summed E-state index contributed by atoms with van der Waals surface area (Å²) in [5.74, 6) is 2.68. The summed E-state index contributed by atoms with van der Waals surface area (Å²) in [5.41, 5.74) is 1.98. The second kappa shape index (κ2) is 7.05. The van der Waals surface area contributed by atoms with Gasteiger partial charge in [0.15, 0.2) is 0 Å². The number of fused-ring (bicyclic) bond motifs is 5. The SMILES string of the molecule is CCOCCO[C@H]1CC[C@@]2(C)C(=CC[C@@H]3[C@@H]2CC[C@]2(C)C(=O)CC[C@@H]32)C1. The summed E-state index contributed by atoms with van der Waals surface area (Å²) in [6.45, 7) is 9.02. The standard InChI is InChI=1S/C23H36O3/c1-4-25-13-14-26-17-9-11-22(2)16(15-17)5-6-18-19-7-8-21(24)23(19,3)12-10-20(18)22/h5,17-20H,4,6-15H2,1-3H3/t17-,18-,19-,20-,22-,23-/m0/s1. The van der Waals surface area contributed by atoms with E-state index >= 15 is 0 Å². The van der Waals surface area contributed by atoms with Crippen LogP contribution in [0.25, 0.3) is 0 Å². The number of rotatable bonds is 5. The van der Waals surface area contributed by atoms with Gasteiger partial charge in [-0.25, -0.2) is 0 Å². The molecule has 0 aliphatic heterocycles. The highest BCUT2D eigenvalue weighted by atomic mass is 16.5. The van der Waals surface area contributed by atoms with E-state index < -0.39 is 0 Å². The van der Waals surface area contributed by atoms with E-state index in [2.05, 4.69) is 19.9 Å². The summed E-state index contributed by atoms with van der Waals surface area (Å²) in [6, 6.07) is 0. The number of Topliss-reactive ketones (excluding diaryl/α,β-unsaturated/α-hetero) is 1. The Labute approximate surface area is 158 Å². The Bertz CT molecular complexity index is 582. The third kappa shape index (κ3) is 2.90. The van der Waals surface area contributed by atoms with Crippen LogP contribution in [0.15, 0.2) is 11.6 Å². The van der Waals surface area contributed by atoms with E-state index in [-0.39, 0.29) is 5.41 Å². The van der Waals surface area contributed by atoms with Crippen LogP contribution in [0.4, 0.5) is 0 Å². The quantitative estimate of drug-likeness (QED) is 0.514. The molecule has 0 aromatic carbocycles. The molecule has 0 amide bonds. The van der Waals surface area contributed by atoms with Crippen LogP contribution in [0, 0.1) is 28.6 Å². The van der Waals surface area contributed by atoms with E-state index in [1.807, 2.05) is 6.92 Å². The number of allylic oxidation sites excluding steroid dienone is 1. The zero-order chi connectivity index (χ0) is 18.4. The smallest absolute Gasteiger partial charge is 0.139 e. The lowest BCUT2D eigenvalue weighted by Gasteiger charge is -2.57. The minimum atomic E-state index is -0.0114. The van der Waals surface area contributed by atoms with Gasteiger partial charge in [-0.2, -0.15) is 0 Å². The fourth-order valence-electron chi connectivity index (χ4n) is 6.96. The molecule has 0 unspecified atom stereocenters. The van der Waals surface area contributed by atoms with Crippen LogP contribution in [0.2, 0.25) is 0 Å². The largest absolute Gasteiger partial charge is 0.379 e. The first-order valence-electron chi connectivity index (χ1n) is 10.9. The van der Waals surface area contributed by atoms with Gasteiger partial charge in [0.25, 0.3) is 0 Å². The number of ether oxygens (including phenoxy) is 2. The summed E-state index contributed by atoms with van der Waals surface area (Å²) in [6.07, 6.45) is 12.0. The van der Waals surface area contributed by atoms with Crippen LogP contribution >= 0.6 is 0 Å². The molecule has 146 valence electrons. The molecule has 4 aliphatic carbocycles. The highest BCUT2D eigenvalue weighted by molar-refractivity contribution is 5.87. The van der Waals surface area contributed by atoms with Gasteiger partial charge in [-0.15, -0.1) is 0 Å². The Morgan fingerprint density at radius 1 is 1.08 bits per heavy atom. The Morgan fingerprint density at radius 3 is 2.65 bits per heavy atom. The molecule has 0 heterocycles. The first-order chi connectivity index (χ1) is 12.5. The fraction of sp³-hybridized carbons (Fsp3) is 0.870. The van der Waals surface area contributed by atoms with E-state index in [0.29, 0.717) is 29.8 Å². The van der Waals surface area contributed by atoms with Gasteiger partial charge in [0, 0.05) is 18.4 Å². The molecule has 26 heavy (non-hydrogen) atoms. The fourth-order valence-corrected chi connectivity index (χ4v) is 6.96. The predicted molar refractivity (Wildman–Crippen MR) is 103 cm³/mol. The van der Waals surface area contributed by atoms with Gasteiger partial charge in [-0.1, -0.05) is 25.5 Å². The van der Waals surface area contributed by atoms with E-state index in [1.54, 1.807) is 5.57 Å². The highest BCUT2D eigenvalue weighted by Gasteiger charge is 2.58. The number of hydrogen-bond donors (Lipinski definition) is 0. The first kappa shape index (κ1) is 18.7. The summed E-state index contributed by atoms with van der Waals surface area (Å²) in [4.78, 5) is 12.5. The number of hydrogen-bond acceptors (Lipinski definition) is 3. The zero-order valence-corrected chi connectivity index (χ0v) is 16.9. The minimum Gasteiger partial charge on any atom is -0.379 e. The molecule has 0 bridgehead atoms. The van der Waals surface area contributed by atoms with Crippen molar-refractivity contribution in [1.29, 1.82) is 0 Å². The first-order valence-corrected chi connectivity index (χ1v) is 10.9. The number of carbonyl (C=O) groups is 1. The molecule has 4 aliphatic rings. The Balaban J connectivity index is 1.46. The molecule has 0 saturated heterocycles. The van der Waals surface area contributed by atoms with Crippen LogP contribution in [0.1, 0.15) is 72.1 Å². The van der Waals surface area contributed by atoms with Crippen molar-refractivity contribution in [2.75, 3.05) is 19.8 Å². The maximum Gasteiger partial charge on any atom is 0.139 e. The predicted octanol–water partition coefficient (Wildman–Crippen LogP) is 4.94. The third-order valence-electron chi connectivity index (χ3n) is 8.55. The molecule has 0 aromatic rings. The molecule has 3 heteroatoms. The van der Waals surface area contributed by atoms with E-state index in [0.717, 1.165) is 50.7 Å². The number of carbonyl (C=O) groups excluding carboxylic acids is 1. The summed E-state index contributed by atoms with van der Waals surface area (Å²) >= 11 is 0. The molecular formula is C23H36O3. The van der Waals surface area contributed by atoms with E-state index in [1.165, 1.54) is 25.7 Å². The highest BCUT2D eigenvalue weighted by Crippen LogP contribution is 2.64. The topological polar surface area (TPSA) is 35.5 Å². The van der Waals surface area contributed by atoms with Gasteiger partial charge in [0.05, 0.1) is 19.3 Å². The molecule has 0 radical (unpaired) electrons. The van der Waals surface area contributed by atoms with Crippen LogP contribution in [0.3, 0.4) is 0 Å². The van der Waals surface area contributed by atoms with Crippen LogP contribution in [-0.4, -0.2) is 31.7 Å². The van der Waals surface area contributed by atoms with Gasteiger partial charge in [0.2, 0.25) is 0 Å². The third-order valence-corrected chi connectivity index (χ3v) is 8.55. The summed E-state index contributed by atoms with van der Waals surface area (Å²) in [7, 11) is 0. The van der Waals surface area contributed by atoms with Crippen molar-refractivity contribution in [3.05, 3.63) is 11.6 Å². The van der Waals surface area contributed by atoms with E-state index in [4.69, 9.17) is 9.47 Å². The van der Waals surface area contributed by atoms with Gasteiger partial charge in [0.1, 0.15) is 5.78 Å². The molecule has 0 spiro atoms. The average Bonchev–Trinajstić information content (AvgIpc) is 2.94. The van der Waals surface area contributed by atoms with Crippen molar-refractivity contribution in [1.82, 2.24) is 0 Å². The lowest BCUT2D eigenvalue weighted by atomic mass is 9.48.